The van der Waals surface area contributed by atoms with Crippen molar-refractivity contribution in [2.45, 2.75) is 5.38 Å². The van der Waals surface area contributed by atoms with Gasteiger partial charge < -0.3 is 4.74 Å². The van der Waals surface area contributed by atoms with Crippen LogP contribution < -0.4 is 4.74 Å². The van der Waals surface area contributed by atoms with E-state index in [9.17, 15) is 0 Å². The third-order valence-electron chi connectivity index (χ3n) is 1.35. The maximum absolute atomic E-state index is 8.39. The molecule has 1 unspecified atom stereocenters. The Labute approximate surface area is 90.2 Å². The molecule has 0 saturated heterocycles. The van der Waals surface area contributed by atoms with Gasteiger partial charge in [0.05, 0.1) is 6.07 Å². The van der Waals surface area contributed by atoms with E-state index in [0.717, 1.165) is 4.47 Å². The van der Waals surface area contributed by atoms with Crippen molar-refractivity contribution in [2.75, 3.05) is 6.61 Å². The summed E-state index contributed by atoms with van der Waals surface area (Å²) in [5.41, 5.74) is 0. The zero-order valence-electron chi connectivity index (χ0n) is 6.71. The summed E-state index contributed by atoms with van der Waals surface area (Å²) in [6, 6.07) is 9.23. The highest BCUT2D eigenvalue weighted by Gasteiger charge is 2.02. The molecule has 1 aromatic rings. The molecular weight excluding hydrogens is 253 g/mol. The van der Waals surface area contributed by atoms with E-state index in [1.165, 1.54) is 0 Å². The molecule has 0 saturated carbocycles. The second-order valence-corrected chi connectivity index (χ2v) is 3.80. The van der Waals surface area contributed by atoms with E-state index in [4.69, 9.17) is 21.6 Å². The van der Waals surface area contributed by atoms with Crippen LogP contribution in [0.3, 0.4) is 0 Å². The Morgan fingerprint density at radius 3 is 2.62 bits per heavy atom. The van der Waals surface area contributed by atoms with Crippen LogP contribution in [0.4, 0.5) is 0 Å². The van der Waals surface area contributed by atoms with E-state index in [1.807, 2.05) is 30.3 Å². The molecule has 0 aliphatic carbocycles. The molecule has 68 valence electrons. The predicted octanol–water partition coefficient (Wildman–Crippen LogP) is 2.96. The van der Waals surface area contributed by atoms with E-state index in [2.05, 4.69) is 15.9 Å². The van der Waals surface area contributed by atoms with Gasteiger partial charge in [0.15, 0.2) is 5.38 Å². The number of nitrogens with zero attached hydrogens (tertiary/aromatic N) is 1. The summed E-state index contributed by atoms with van der Waals surface area (Å²) >= 11 is 8.86. The van der Waals surface area contributed by atoms with Gasteiger partial charge in [0, 0.05) is 4.47 Å². The van der Waals surface area contributed by atoms with Crippen LogP contribution in [0.25, 0.3) is 0 Å². The molecule has 0 spiro atoms. The highest BCUT2D eigenvalue weighted by molar-refractivity contribution is 9.10. The largest absolute Gasteiger partial charge is 0.491 e. The average molecular weight is 261 g/mol. The minimum absolute atomic E-state index is 0.208. The molecule has 4 heteroatoms. The van der Waals surface area contributed by atoms with Gasteiger partial charge in [-0.25, -0.2) is 0 Å². The molecule has 0 fully saturated rings. The van der Waals surface area contributed by atoms with Crippen LogP contribution >= 0.6 is 27.5 Å². The van der Waals surface area contributed by atoms with Crippen molar-refractivity contribution in [3.8, 4) is 11.8 Å². The van der Waals surface area contributed by atoms with Crippen LogP contribution in [-0.2, 0) is 0 Å². The SMILES string of the molecule is N#CC(Cl)COc1ccc(Br)cc1. The Kier molecular flexibility index (Phi) is 4.07. The second kappa shape index (κ2) is 5.11. The number of hydrogen-bond acceptors (Lipinski definition) is 2. The van der Waals surface area contributed by atoms with Gasteiger partial charge in [0.25, 0.3) is 0 Å². The fourth-order valence-corrected chi connectivity index (χ4v) is 1.06. The molecule has 1 atom stereocenters. The lowest BCUT2D eigenvalue weighted by atomic mass is 10.3. The lowest BCUT2D eigenvalue weighted by Gasteiger charge is -2.05. The first kappa shape index (κ1) is 10.4. The summed E-state index contributed by atoms with van der Waals surface area (Å²) in [5, 5.41) is 7.79. The quantitative estimate of drug-likeness (QED) is 0.783. The van der Waals surface area contributed by atoms with Gasteiger partial charge in [-0.1, -0.05) is 15.9 Å². The maximum Gasteiger partial charge on any atom is 0.154 e. The number of benzene rings is 1. The molecule has 1 aromatic carbocycles. The summed E-state index contributed by atoms with van der Waals surface area (Å²) in [4.78, 5) is 0. The van der Waals surface area contributed by atoms with Crippen molar-refractivity contribution in [3.63, 3.8) is 0 Å². The van der Waals surface area contributed by atoms with Crippen molar-refractivity contribution in [3.05, 3.63) is 28.7 Å². The van der Waals surface area contributed by atoms with E-state index in [1.54, 1.807) is 0 Å². The number of nitriles is 1. The highest BCUT2D eigenvalue weighted by atomic mass is 79.9. The smallest absolute Gasteiger partial charge is 0.154 e. The molecule has 2 nitrogen and oxygen atoms in total. The topological polar surface area (TPSA) is 33.0 Å². The molecule has 0 bridgehead atoms. The number of hydrogen-bond donors (Lipinski definition) is 0. The minimum atomic E-state index is -0.594. The van der Waals surface area contributed by atoms with Gasteiger partial charge in [-0.15, -0.1) is 11.6 Å². The number of ether oxygens (including phenoxy) is 1. The van der Waals surface area contributed by atoms with Crippen LogP contribution in [0.1, 0.15) is 0 Å². The first-order valence-corrected chi connectivity index (χ1v) is 4.87. The Morgan fingerprint density at radius 1 is 1.46 bits per heavy atom. The molecule has 0 aliphatic heterocycles. The van der Waals surface area contributed by atoms with Crippen LogP contribution in [0.2, 0.25) is 0 Å². The normalized spacial score (nSPS) is 11.8. The van der Waals surface area contributed by atoms with E-state index in [0.29, 0.717) is 5.75 Å². The zero-order chi connectivity index (χ0) is 9.68. The number of rotatable bonds is 3. The fourth-order valence-electron chi connectivity index (χ4n) is 0.737. The minimum Gasteiger partial charge on any atom is -0.491 e. The molecule has 0 aliphatic rings. The highest BCUT2D eigenvalue weighted by Crippen LogP contribution is 2.16. The summed E-state index contributed by atoms with van der Waals surface area (Å²) in [6.45, 7) is 0.208. The third kappa shape index (κ3) is 3.67. The lowest BCUT2D eigenvalue weighted by Crippen LogP contribution is -2.08. The van der Waals surface area contributed by atoms with Crippen LogP contribution in [-0.4, -0.2) is 12.0 Å². The van der Waals surface area contributed by atoms with Gasteiger partial charge in [0.2, 0.25) is 0 Å². The Morgan fingerprint density at radius 2 is 2.08 bits per heavy atom. The summed E-state index contributed by atoms with van der Waals surface area (Å²) < 4.78 is 6.23. The molecule has 13 heavy (non-hydrogen) atoms. The first-order chi connectivity index (χ1) is 6.22. The molecule has 0 aromatic heterocycles. The lowest BCUT2D eigenvalue weighted by molar-refractivity contribution is 0.329. The first-order valence-electron chi connectivity index (χ1n) is 3.64. The number of halogens is 2. The van der Waals surface area contributed by atoms with Crippen molar-refractivity contribution in [2.24, 2.45) is 0 Å². The van der Waals surface area contributed by atoms with Crippen molar-refractivity contribution in [1.29, 1.82) is 5.26 Å². The van der Waals surface area contributed by atoms with Crippen LogP contribution in [0, 0.1) is 11.3 Å². The molecule has 0 heterocycles. The molecule has 0 amide bonds. The monoisotopic (exact) mass is 259 g/mol. The van der Waals surface area contributed by atoms with Crippen molar-refractivity contribution < 1.29 is 4.74 Å². The van der Waals surface area contributed by atoms with Gasteiger partial charge in [-0.2, -0.15) is 5.26 Å². The van der Waals surface area contributed by atoms with E-state index in [-0.39, 0.29) is 6.61 Å². The number of alkyl halides is 1. The van der Waals surface area contributed by atoms with Gasteiger partial charge >= 0.3 is 0 Å². The van der Waals surface area contributed by atoms with Crippen molar-refractivity contribution in [1.82, 2.24) is 0 Å². The standard InChI is InChI=1S/C9H7BrClNO/c10-7-1-3-9(4-2-7)13-6-8(11)5-12/h1-4,8H,6H2. The van der Waals surface area contributed by atoms with Crippen molar-refractivity contribution >= 4 is 27.5 Å². The van der Waals surface area contributed by atoms with E-state index >= 15 is 0 Å². The molecule has 0 radical (unpaired) electrons. The Balaban J connectivity index is 2.47. The molecule has 1 rings (SSSR count). The predicted molar refractivity (Wildman–Crippen MR) is 54.9 cm³/mol. The molecule has 0 N–H and O–H groups in total. The zero-order valence-corrected chi connectivity index (χ0v) is 9.05. The van der Waals surface area contributed by atoms with Gasteiger partial charge in [-0.3, -0.25) is 0 Å². The summed E-state index contributed by atoms with van der Waals surface area (Å²) in [6.07, 6.45) is 0. The summed E-state index contributed by atoms with van der Waals surface area (Å²) in [7, 11) is 0. The fraction of sp³-hybridized carbons (Fsp3) is 0.222. The maximum atomic E-state index is 8.39. The molecular formula is C9H7BrClNO. The Bertz CT molecular complexity index is 306. The van der Waals surface area contributed by atoms with Crippen LogP contribution in [0.5, 0.6) is 5.75 Å². The average Bonchev–Trinajstić information content (AvgIpc) is 2.16. The third-order valence-corrected chi connectivity index (χ3v) is 2.10. The van der Waals surface area contributed by atoms with Gasteiger partial charge in [-0.05, 0) is 24.3 Å². The summed E-state index contributed by atoms with van der Waals surface area (Å²) in [5.74, 6) is 0.712. The second-order valence-electron chi connectivity index (χ2n) is 2.36. The van der Waals surface area contributed by atoms with Gasteiger partial charge in [0.1, 0.15) is 12.4 Å². The van der Waals surface area contributed by atoms with Crippen LogP contribution in [0.15, 0.2) is 28.7 Å². The Hall–Kier alpha value is -0.720. The van der Waals surface area contributed by atoms with E-state index < -0.39 is 5.38 Å².